The van der Waals surface area contributed by atoms with Crippen molar-refractivity contribution in [3.05, 3.63) is 19.2 Å². The molecular formula is C10H15Br2NOS. The van der Waals surface area contributed by atoms with E-state index in [1.165, 1.54) is 9.35 Å². The lowest BCUT2D eigenvalue weighted by atomic mass is 10.3. The highest BCUT2D eigenvalue weighted by molar-refractivity contribution is 9.12. The molecule has 1 rings (SSSR count). The van der Waals surface area contributed by atoms with Crippen LogP contribution in [0.2, 0.25) is 0 Å². The zero-order valence-electron chi connectivity index (χ0n) is 8.69. The second-order valence-electron chi connectivity index (χ2n) is 3.07. The van der Waals surface area contributed by atoms with Crippen LogP contribution in [0.3, 0.4) is 0 Å². The van der Waals surface area contributed by atoms with Crippen LogP contribution in [-0.4, -0.2) is 26.3 Å². The maximum absolute atomic E-state index is 5.51. The van der Waals surface area contributed by atoms with Gasteiger partial charge in [0.25, 0.3) is 0 Å². The Balaban J connectivity index is 2.12. The van der Waals surface area contributed by atoms with E-state index < -0.39 is 0 Å². The first-order valence-electron chi connectivity index (χ1n) is 4.96. The van der Waals surface area contributed by atoms with Crippen LogP contribution in [0.4, 0.5) is 0 Å². The Bertz CT molecular complexity index is 291. The Hall–Kier alpha value is 0.580. The Labute approximate surface area is 112 Å². The number of nitrogens with one attached hydrogen (secondary N) is 1. The predicted molar refractivity (Wildman–Crippen MR) is 72.8 cm³/mol. The van der Waals surface area contributed by atoms with E-state index in [2.05, 4.69) is 50.2 Å². The van der Waals surface area contributed by atoms with Crippen molar-refractivity contribution in [2.75, 3.05) is 26.3 Å². The lowest BCUT2D eigenvalue weighted by Crippen LogP contribution is -2.19. The topological polar surface area (TPSA) is 21.3 Å². The van der Waals surface area contributed by atoms with Gasteiger partial charge in [-0.3, -0.25) is 0 Å². The summed E-state index contributed by atoms with van der Waals surface area (Å²) in [6.45, 7) is 5.61. The van der Waals surface area contributed by atoms with Gasteiger partial charge in [-0.1, -0.05) is 6.92 Å². The Kier molecular flexibility index (Phi) is 7.08. The molecule has 0 aliphatic heterocycles. The molecule has 0 unspecified atom stereocenters. The fourth-order valence-corrected chi connectivity index (χ4v) is 4.06. The summed E-state index contributed by atoms with van der Waals surface area (Å²) < 4.78 is 7.87. The van der Waals surface area contributed by atoms with Gasteiger partial charge in [0.1, 0.15) is 0 Å². The summed E-state index contributed by atoms with van der Waals surface area (Å²) in [7, 11) is 0. The predicted octanol–water partition coefficient (Wildman–Crippen LogP) is 3.44. The van der Waals surface area contributed by atoms with E-state index in [1.807, 2.05) is 0 Å². The largest absolute Gasteiger partial charge is 0.380 e. The van der Waals surface area contributed by atoms with Crippen LogP contribution in [-0.2, 0) is 11.2 Å². The molecule has 1 aromatic rings. The van der Waals surface area contributed by atoms with Crippen molar-refractivity contribution in [3.63, 3.8) is 0 Å². The van der Waals surface area contributed by atoms with E-state index >= 15 is 0 Å². The van der Waals surface area contributed by atoms with Gasteiger partial charge < -0.3 is 10.1 Å². The molecule has 0 aliphatic rings. The maximum atomic E-state index is 5.51. The van der Waals surface area contributed by atoms with Gasteiger partial charge in [-0.05, 0) is 56.5 Å². The number of rotatable bonds is 7. The van der Waals surface area contributed by atoms with Gasteiger partial charge in [-0.25, -0.2) is 0 Å². The molecule has 2 nitrogen and oxygen atoms in total. The van der Waals surface area contributed by atoms with Gasteiger partial charge in [-0.15, -0.1) is 11.3 Å². The van der Waals surface area contributed by atoms with Crippen LogP contribution < -0.4 is 5.32 Å². The average molecular weight is 357 g/mol. The SMILES string of the molecule is CCNCCOCCc1cc(Br)sc1Br. The summed E-state index contributed by atoms with van der Waals surface area (Å²) in [4.78, 5) is 0. The molecule has 1 N–H and O–H groups in total. The number of thiophene rings is 1. The van der Waals surface area contributed by atoms with Gasteiger partial charge in [0.2, 0.25) is 0 Å². The lowest BCUT2D eigenvalue weighted by Gasteiger charge is -2.03. The minimum Gasteiger partial charge on any atom is -0.380 e. The molecule has 0 aromatic carbocycles. The fraction of sp³-hybridized carbons (Fsp3) is 0.600. The number of ether oxygens (including phenoxy) is 1. The van der Waals surface area contributed by atoms with E-state index in [4.69, 9.17) is 4.74 Å². The van der Waals surface area contributed by atoms with Crippen molar-refractivity contribution in [1.29, 1.82) is 0 Å². The second-order valence-corrected chi connectivity index (χ2v) is 6.81. The number of hydrogen-bond donors (Lipinski definition) is 1. The van der Waals surface area contributed by atoms with Crippen LogP contribution >= 0.6 is 43.2 Å². The number of likely N-dealkylation sites (N-methyl/N-ethyl adjacent to an activating group) is 1. The molecule has 86 valence electrons. The summed E-state index contributed by atoms with van der Waals surface area (Å²) >= 11 is 8.70. The summed E-state index contributed by atoms with van der Waals surface area (Å²) in [5.74, 6) is 0. The third-order valence-electron chi connectivity index (χ3n) is 1.92. The van der Waals surface area contributed by atoms with Gasteiger partial charge in [-0.2, -0.15) is 0 Å². The van der Waals surface area contributed by atoms with E-state index in [0.717, 1.165) is 36.5 Å². The minimum absolute atomic E-state index is 0.785. The second kappa shape index (κ2) is 7.79. The molecule has 0 fully saturated rings. The Morgan fingerprint density at radius 2 is 2.20 bits per heavy atom. The van der Waals surface area contributed by atoms with Gasteiger partial charge in [0.15, 0.2) is 0 Å². The van der Waals surface area contributed by atoms with Crippen molar-refractivity contribution in [3.8, 4) is 0 Å². The normalized spacial score (nSPS) is 10.9. The van der Waals surface area contributed by atoms with Crippen molar-refractivity contribution in [2.45, 2.75) is 13.3 Å². The van der Waals surface area contributed by atoms with Crippen molar-refractivity contribution < 1.29 is 4.74 Å². The van der Waals surface area contributed by atoms with Crippen LogP contribution in [0.15, 0.2) is 13.6 Å². The summed E-state index contributed by atoms with van der Waals surface area (Å²) in [6.07, 6.45) is 0.967. The molecule has 0 amide bonds. The first-order chi connectivity index (χ1) is 7.24. The highest BCUT2D eigenvalue weighted by atomic mass is 79.9. The molecule has 0 saturated heterocycles. The molecule has 0 bridgehead atoms. The number of halogens is 2. The standard InChI is InChI=1S/C10H15Br2NOS/c1-2-13-4-6-14-5-3-8-7-9(11)15-10(8)12/h7,13H,2-6H2,1H3. The molecule has 0 atom stereocenters. The zero-order chi connectivity index (χ0) is 11.1. The monoisotopic (exact) mass is 355 g/mol. The smallest absolute Gasteiger partial charge is 0.0743 e. The van der Waals surface area contributed by atoms with E-state index in [1.54, 1.807) is 11.3 Å². The molecule has 15 heavy (non-hydrogen) atoms. The fourth-order valence-electron chi connectivity index (χ4n) is 1.15. The molecule has 0 spiro atoms. The van der Waals surface area contributed by atoms with E-state index in [0.29, 0.717) is 0 Å². The lowest BCUT2D eigenvalue weighted by molar-refractivity contribution is 0.139. The van der Waals surface area contributed by atoms with Crippen molar-refractivity contribution in [1.82, 2.24) is 5.32 Å². The molecule has 0 radical (unpaired) electrons. The van der Waals surface area contributed by atoms with E-state index in [9.17, 15) is 0 Å². The quantitative estimate of drug-likeness (QED) is 0.755. The molecule has 1 aromatic heterocycles. The zero-order valence-corrected chi connectivity index (χ0v) is 12.7. The minimum atomic E-state index is 0.785. The molecular weight excluding hydrogens is 342 g/mol. The van der Waals surface area contributed by atoms with Crippen LogP contribution in [0.5, 0.6) is 0 Å². The molecule has 0 aliphatic carbocycles. The first-order valence-corrected chi connectivity index (χ1v) is 7.36. The van der Waals surface area contributed by atoms with Gasteiger partial charge >= 0.3 is 0 Å². The summed E-state index contributed by atoms with van der Waals surface area (Å²) in [6, 6.07) is 2.14. The van der Waals surface area contributed by atoms with Crippen LogP contribution in [0.25, 0.3) is 0 Å². The Morgan fingerprint density at radius 1 is 1.40 bits per heavy atom. The van der Waals surface area contributed by atoms with Gasteiger partial charge in [0.05, 0.1) is 20.8 Å². The van der Waals surface area contributed by atoms with Crippen LogP contribution in [0, 0.1) is 0 Å². The summed E-state index contributed by atoms with van der Waals surface area (Å²) in [5, 5.41) is 3.22. The third kappa shape index (κ3) is 5.45. The van der Waals surface area contributed by atoms with Crippen molar-refractivity contribution in [2.24, 2.45) is 0 Å². The highest BCUT2D eigenvalue weighted by Gasteiger charge is 2.04. The van der Waals surface area contributed by atoms with E-state index in [-0.39, 0.29) is 0 Å². The maximum Gasteiger partial charge on any atom is 0.0743 e. The summed E-state index contributed by atoms with van der Waals surface area (Å²) in [5.41, 5.74) is 1.32. The molecule has 1 heterocycles. The average Bonchev–Trinajstić information content (AvgIpc) is 2.51. The first kappa shape index (κ1) is 13.6. The molecule has 5 heteroatoms. The van der Waals surface area contributed by atoms with Crippen LogP contribution in [0.1, 0.15) is 12.5 Å². The molecule has 0 saturated carbocycles. The van der Waals surface area contributed by atoms with Crippen molar-refractivity contribution >= 4 is 43.2 Å². The highest BCUT2D eigenvalue weighted by Crippen LogP contribution is 2.31. The third-order valence-corrected chi connectivity index (χ3v) is 4.38. The van der Waals surface area contributed by atoms with Gasteiger partial charge in [0, 0.05) is 6.54 Å². The number of hydrogen-bond acceptors (Lipinski definition) is 3. The Morgan fingerprint density at radius 3 is 2.80 bits per heavy atom.